The summed E-state index contributed by atoms with van der Waals surface area (Å²) in [6.07, 6.45) is 0. The Bertz CT molecular complexity index is 2940. The summed E-state index contributed by atoms with van der Waals surface area (Å²) < 4.78 is 12.5. The van der Waals surface area contributed by atoms with E-state index in [0.29, 0.717) is 17.5 Å². The molecule has 10 aromatic rings. The molecular weight excluding hydrogens is 590 g/mol. The van der Waals surface area contributed by atoms with Crippen molar-refractivity contribution in [2.45, 2.75) is 0 Å². The Balaban J connectivity index is 1.19. The van der Waals surface area contributed by atoms with E-state index < -0.39 is 0 Å². The quantitative estimate of drug-likeness (QED) is 0.198. The van der Waals surface area contributed by atoms with Crippen LogP contribution in [0.2, 0.25) is 0 Å². The summed E-state index contributed by atoms with van der Waals surface area (Å²) in [5, 5.41) is 6.50. The van der Waals surface area contributed by atoms with Crippen LogP contribution >= 0.6 is 0 Å². The number of furan rings is 2. The fourth-order valence-electron chi connectivity index (χ4n) is 7.58. The summed E-state index contributed by atoms with van der Waals surface area (Å²) in [4.78, 5) is 15.6. The van der Waals surface area contributed by atoms with Crippen molar-refractivity contribution in [2.75, 3.05) is 0 Å². The molecule has 3 aromatic heterocycles. The fourth-order valence-corrected chi connectivity index (χ4v) is 7.58. The van der Waals surface area contributed by atoms with Gasteiger partial charge in [0, 0.05) is 38.2 Å². The molecule has 0 radical (unpaired) electrons. The summed E-state index contributed by atoms with van der Waals surface area (Å²) in [6, 6.07) is 48.0. The smallest absolute Gasteiger partial charge is 0.164 e. The van der Waals surface area contributed by atoms with E-state index in [-0.39, 0.29) is 0 Å². The van der Waals surface area contributed by atoms with Crippen LogP contribution in [0.15, 0.2) is 148 Å². The SMILES string of the molecule is c1ccc2c(c1)-c1cccc3c(-c4nc(-c5ccc6c(c5)oc5ccccc56)nc(-c5cccc6oc7ccccc7c56)n4)ccc-2c13. The molecule has 5 nitrogen and oxygen atoms in total. The van der Waals surface area contributed by atoms with E-state index in [9.17, 15) is 0 Å². The summed E-state index contributed by atoms with van der Waals surface area (Å²) in [7, 11) is 0. The van der Waals surface area contributed by atoms with Gasteiger partial charge in [-0.3, -0.25) is 0 Å². The maximum absolute atomic E-state index is 6.28. The molecule has 222 valence electrons. The molecule has 1 aliphatic carbocycles. The molecule has 7 aromatic carbocycles. The number of para-hydroxylation sites is 2. The van der Waals surface area contributed by atoms with Gasteiger partial charge in [-0.25, -0.2) is 15.0 Å². The van der Waals surface area contributed by atoms with Crippen molar-refractivity contribution < 1.29 is 8.83 Å². The Morgan fingerprint density at radius 2 is 0.854 bits per heavy atom. The Morgan fingerprint density at radius 1 is 0.312 bits per heavy atom. The molecule has 0 spiro atoms. The lowest BCUT2D eigenvalue weighted by Crippen LogP contribution is -2.01. The van der Waals surface area contributed by atoms with Gasteiger partial charge in [-0.15, -0.1) is 0 Å². The van der Waals surface area contributed by atoms with Crippen LogP contribution in [0.25, 0.3) is 111 Å². The number of aromatic nitrogens is 3. The molecule has 0 unspecified atom stereocenters. The average molecular weight is 614 g/mol. The highest BCUT2D eigenvalue weighted by Crippen LogP contribution is 2.49. The van der Waals surface area contributed by atoms with Crippen LogP contribution in [0.4, 0.5) is 0 Å². The van der Waals surface area contributed by atoms with E-state index in [1.807, 2.05) is 54.6 Å². The van der Waals surface area contributed by atoms with Crippen molar-refractivity contribution in [2.24, 2.45) is 0 Å². The van der Waals surface area contributed by atoms with Crippen LogP contribution in [0, 0.1) is 0 Å². The van der Waals surface area contributed by atoms with Crippen molar-refractivity contribution >= 4 is 54.6 Å². The molecule has 0 N–H and O–H groups in total. The lowest BCUT2D eigenvalue weighted by Gasteiger charge is -2.12. The molecular formula is C43H23N3O2. The van der Waals surface area contributed by atoms with E-state index in [1.54, 1.807) is 0 Å². The van der Waals surface area contributed by atoms with E-state index in [2.05, 4.69) is 84.9 Å². The van der Waals surface area contributed by atoms with Crippen molar-refractivity contribution in [1.82, 2.24) is 15.0 Å². The first-order chi connectivity index (χ1) is 23.8. The predicted molar refractivity (Wildman–Crippen MR) is 193 cm³/mol. The van der Waals surface area contributed by atoms with Gasteiger partial charge in [0.2, 0.25) is 0 Å². The van der Waals surface area contributed by atoms with Crippen LogP contribution in [0.3, 0.4) is 0 Å². The molecule has 0 amide bonds. The van der Waals surface area contributed by atoms with Gasteiger partial charge >= 0.3 is 0 Å². The minimum atomic E-state index is 0.577. The van der Waals surface area contributed by atoms with Crippen LogP contribution in [-0.4, -0.2) is 15.0 Å². The van der Waals surface area contributed by atoms with Gasteiger partial charge in [0.05, 0.1) is 0 Å². The van der Waals surface area contributed by atoms with Crippen molar-refractivity contribution in [3.63, 3.8) is 0 Å². The third kappa shape index (κ3) is 3.53. The zero-order valence-electron chi connectivity index (χ0n) is 25.4. The second-order valence-electron chi connectivity index (χ2n) is 12.3. The Morgan fingerprint density at radius 3 is 1.71 bits per heavy atom. The summed E-state index contributed by atoms with van der Waals surface area (Å²) in [6.45, 7) is 0. The molecule has 48 heavy (non-hydrogen) atoms. The molecule has 0 bridgehead atoms. The molecule has 11 rings (SSSR count). The molecule has 0 saturated heterocycles. The van der Waals surface area contributed by atoms with Gasteiger partial charge in [-0.05, 0) is 69.4 Å². The number of hydrogen-bond acceptors (Lipinski definition) is 5. The second kappa shape index (κ2) is 9.47. The van der Waals surface area contributed by atoms with Crippen LogP contribution in [0.5, 0.6) is 0 Å². The largest absolute Gasteiger partial charge is 0.456 e. The highest BCUT2D eigenvalue weighted by molar-refractivity contribution is 6.18. The monoisotopic (exact) mass is 613 g/mol. The van der Waals surface area contributed by atoms with Crippen molar-refractivity contribution in [3.8, 4) is 56.4 Å². The average Bonchev–Trinajstić information content (AvgIpc) is 3.82. The molecule has 5 heteroatoms. The lowest BCUT2D eigenvalue weighted by atomic mass is 9.98. The summed E-state index contributed by atoms with van der Waals surface area (Å²) in [5.74, 6) is 1.78. The van der Waals surface area contributed by atoms with E-state index in [4.69, 9.17) is 23.8 Å². The lowest BCUT2D eigenvalue weighted by molar-refractivity contribution is 0.668. The summed E-state index contributed by atoms with van der Waals surface area (Å²) >= 11 is 0. The van der Waals surface area contributed by atoms with Gasteiger partial charge in [0.1, 0.15) is 22.3 Å². The minimum Gasteiger partial charge on any atom is -0.456 e. The van der Waals surface area contributed by atoms with E-state index in [1.165, 1.54) is 27.6 Å². The third-order valence-electron chi connectivity index (χ3n) is 9.70. The van der Waals surface area contributed by atoms with Gasteiger partial charge in [-0.2, -0.15) is 0 Å². The predicted octanol–water partition coefficient (Wildman–Crippen LogP) is 11.5. The first-order valence-electron chi connectivity index (χ1n) is 16.0. The zero-order valence-corrected chi connectivity index (χ0v) is 25.4. The number of rotatable bonds is 3. The van der Waals surface area contributed by atoms with Crippen LogP contribution in [0.1, 0.15) is 0 Å². The van der Waals surface area contributed by atoms with Crippen molar-refractivity contribution in [3.05, 3.63) is 140 Å². The normalized spacial score (nSPS) is 12.2. The molecule has 0 aliphatic heterocycles. The topological polar surface area (TPSA) is 65.0 Å². The maximum atomic E-state index is 6.28. The Labute approximate surface area is 273 Å². The van der Waals surface area contributed by atoms with E-state index in [0.717, 1.165) is 66.0 Å². The summed E-state index contributed by atoms with van der Waals surface area (Å²) in [5.41, 5.74) is 11.0. The van der Waals surface area contributed by atoms with Gasteiger partial charge < -0.3 is 8.83 Å². The van der Waals surface area contributed by atoms with Crippen molar-refractivity contribution in [1.29, 1.82) is 0 Å². The molecule has 0 saturated carbocycles. The first-order valence-corrected chi connectivity index (χ1v) is 16.0. The highest BCUT2D eigenvalue weighted by Gasteiger charge is 2.24. The molecule has 0 fully saturated rings. The Kier molecular flexibility index (Phi) is 5.05. The number of benzene rings is 7. The molecule has 3 heterocycles. The first kappa shape index (κ1) is 25.6. The van der Waals surface area contributed by atoms with Crippen LogP contribution in [-0.2, 0) is 0 Å². The standard InChI is InChI=1S/C43H23N3O2/c1-2-10-26-25(9-1)29-13-7-14-30-32(22-21-31(26)39(29)30)42-44-41(24-19-20-28-27-11-3-5-16-35(27)48-38(28)23-24)45-43(46-42)34-15-8-18-37-40(34)33-12-4-6-17-36(33)47-37/h1-23H. The zero-order chi connectivity index (χ0) is 31.3. The number of hydrogen-bond donors (Lipinski definition) is 0. The maximum Gasteiger partial charge on any atom is 0.164 e. The second-order valence-corrected chi connectivity index (χ2v) is 12.3. The highest BCUT2D eigenvalue weighted by atomic mass is 16.3. The van der Waals surface area contributed by atoms with Gasteiger partial charge in [-0.1, -0.05) is 103 Å². The van der Waals surface area contributed by atoms with Crippen LogP contribution < -0.4 is 0 Å². The molecule has 0 atom stereocenters. The fraction of sp³-hybridized carbons (Fsp3) is 0. The van der Waals surface area contributed by atoms with E-state index >= 15 is 0 Å². The van der Waals surface area contributed by atoms with Gasteiger partial charge in [0.25, 0.3) is 0 Å². The number of fused-ring (bicyclic) bond motifs is 9. The minimum absolute atomic E-state index is 0.577. The molecule has 1 aliphatic rings. The number of nitrogens with zero attached hydrogens (tertiary/aromatic N) is 3. The Hall–Kier alpha value is -6.59. The van der Waals surface area contributed by atoms with Gasteiger partial charge in [0.15, 0.2) is 17.5 Å². The third-order valence-corrected chi connectivity index (χ3v) is 9.70.